The Morgan fingerprint density at radius 3 is 2.29 bits per heavy atom. The quantitative estimate of drug-likeness (QED) is 0.307. The molecular weight excluding hydrogens is 472 g/mol. The first-order valence-electron chi connectivity index (χ1n) is 11.5. The fourth-order valence-corrected chi connectivity index (χ4v) is 3.65. The maximum absolute atomic E-state index is 12.9. The van der Waals surface area contributed by atoms with Crippen molar-refractivity contribution >= 4 is 41.3 Å². The van der Waals surface area contributed by atoms with Crippen molar-refractivity contribution in [2.24, 2.45) is 5.92 Å². The van der Waals surface area contributed by atoms with Gasteiger partial charge in [-0.2, -0.15) is 11.8 Å². The van der Waals surface area contributed by atoms with Crippen LogP contribution in [-0.4, -0.2) is 64.8 Å². The van der Waals surface area contributed by atoms with Gasteiger partial charge in [-0.05, 0) is 51.2 Å². The molecule has 0 aliphatic carbocycles. The number of carbonyl (C=O) groups excluding carboxylic acids is 4. The molecule has 0 spiro atoms. The average molecular weight is 509 g/mol. The van der Waals surface area contributed by atoms with Crippen LogP contribution in [0.15, 0.2) is 30.3 Å². The number of ketones is 1. The zero-order chi connectivity index (χ0) is 26.4. The maximum Gasteiger partial charge on any atom is 0.326 e. The van der Waals surface area contributed by atoms with Crippen LogP contribution in [0.3, 0.4) is 0 Å². The van der Waals surface area contributed by atoms with E-state index < -0.39 is 41.3 Å². The number of rotatable bonds is 15. The van der Waals surface area contributed by atoms with E-state index >= 15 is 0 Å². The molecule has 194 valence electrons. The van der Waals surface area contributed by atoms with Gasteiger partial charge in [0.1, 0.15) is 11.6 Å². The van der Waals surface area contributed by atoms with E-state index in [1.807, 2.05) is 36.6 Å². The Kier molecular flexibility index (Phi) is 13.1. The van der Waals surface area contributed by atoms with Crippen LogP contribution in [0, 0.1) is 5.92 Å². The summed E-state index contributed by atoms with van der Waals surface area (Å²) in [5, 5.41) is 14.4. The largest absolute Gasteiger partial charge is 0.480 e. The van der Waals surface area contributed by atoms with Gasteiger partial charge in [0.15, 0.2) is 5.78 Å². The van der Waals surface area contributed by atoms with E-state index in [1.54, 1.807) is 20.8 Å². The third-order valence-corrected chi connectivity index (χ3v) is 5.50. The van der Waals surface area contributed by atoms with Gasteiger partial charge in [0.05, 0.1) is 13.0 Å². The first kappa shape index (κ1) is 30.2. The molecule has 9 nitrogen and oxygen atoms in total. The van der Waals surface area contributed by atoms with Gasteiger partial charge in [-0.3, -0.25) is 19.2 Å². The molecule has 0 aromatic heterocycles. The number of thioether (sulfide) groups is 1. The minimum absolute atomic E-state index is 0.108. The van der Waals surface area contributed by atoms with Gasteiger partial charge in [-0.15, -0.1) is 0 Å². The molecule has 0 saturated heterocycles. The molecule has 10 heteroatoms. The van der Waals surface area contributed by atoms with E-state index in [0.29, 0.717) is 5.75 Å². The summed E-state index contributed by atoms with van der Waals surface area (Å²) >= 11 is 1.48. The molecule has 3 N–H and O–H groups in total. The minimum atomic E-state index is -1.13. The number of aliphatic carboxylic acids is 1. The molecule has 0 radical (unpaired) electrons. The molecule has 1 rings (SSSR count). The summed E-state index contributed by atoms with van der Waals surface area (Å²) in [5.41, 5.74) is 0.185. The highest BCUT2D eigenvalue weighted by molar-refractivity contribution is 7.98. The maximum atomic E-state index is 12.9. The number of ether oxygens (including phenoxy) is 1. The first-order chi connectivity index (χ1) is 16.4. The lowest BCUT2D eigenvalue weighted by molar-refractivity contribution is -0.155. The number of carboxylic acids is 1. The highest BCUT2D eigenvalue weighted by atomic mass is 32.2. The SMILES string of the molecule is CSCC[C@H](NC(=O)[C@@H](CC(=O)CNC(=O)CCC(=O)OC(C)(C)C)Cc1ccccc1)C(=O)O. The standard InChI is InChI=1S/C25H36N2O7S/c1-25(2,3)34-22(30)11-10-21(29)26-16-19(28)15-18(14-17-8-6-5-7-9-17)23(31)27-20(24(32)33)12-13-35-4/h5-9,18,20H,10-16H2,1-4H3,(H,26,29)(H,27,31)(H,32,33)/t18-,20+/m1/s1. The van der Waals surface area contributed by atoms with Crippen LogP contribution in [0.4, 0.5) is 0 Å². The van der Waals surface area contributed by atoms with Crippen LogP contribution in [-0.2, 0) is 35.1 Å². The molecule has 0 heterocycles. The van der Waals surface area contributed by atoms with Gasteiger partial charge in [0.25, 0.3) is 0 Å². The van der Waals surface area contributed by atoms with Gasteiger partial charge >= 0.3 is 11.9 Å². The fourth-order valence-electron chi connectivity index (χ4n) is 3.18. The lowest BCUT2D eigenvalue weighted by Crippen LogP contribution is -2.45. The van der Waals surface area contributed by atoms with Crippen LogP contribution in [0.2, 0.25) is 0 Å². The second-order valence-electron chi connectivity index (χ2n) is 9.17. The van der Waals surface area contributed by atoms with E-state index in [1.165, 1.54) is 11.8 Å². The predicted molar refractivity (Wildman–Crippen MR) is 134 cm³/mol. The summed E-state index contributed by atoms with van der Waals surface area (Å²) in [5.74, 6) is -3.23. The van der Waals surface area contributed by atoms with Crippen molar-refractivity contribution in [3.63, 3.8) is 0 Å². The second-order valence-corrected chi connectivity index (χ2v) is 10.2. The molecule has 0 aliphatic rings. The molecule has 0 unspecified atom stereocenters. The van der Waals surface area contributed by atoms with Crippen molar-refractivity contribution in [2.75, 3.05) is 18.6 Å². The van der Waals surface area contributed by atoms with Gasteiger partial charge < -0.3 is 20.5 Å². The van der Waals surface area contributed by atoms with Crippen molar-refractivity contribution in [1.82, 2.24) is 10.6 Å². The number of nitrogens with one attached hydrogen (secondary N) is 2. The Labute approximate surface area is 210 Å². The van der Waals surface area contributed by atoms with Crippen molar-refractivity contribution < 1.29 is 33.8 Å². The van der Waals surface area contributed by atoms with Crippen molar-refractivity contribution in [2.45, 2.75) is 64.5 Å². The number of hydrogen-bond donors (Lipinski definition) is 3. The molecule has 2 atom stereocenters. The Hall–Kier alpha value is -2.88. The lowest BCUT2D eigenvalue weighted by Gasteiger charge is -2.20. The molecular formula is C25H36N2O7S. The molecule has 0 aliphatic heterocycles. The highest BCUT2D eigenvalue weighted by Gasteiger charge is 2.27. The van der Waals surface area contributed by atoms with Crippen LogP contribution >= 0.6 is 11.8 Å². The van der Waals surface area contributed by atoms with E-state index in [-0.39, 0.29) is 44.4 Å². The molecule has 35 heavy (non-hydrogen) atoms. The second kappa shape index (κ2) is 15.2. The summed E-state index contributed by atoms with van der Waals surface area (Å²) in [6.07, 6.45) is 1.97. The summed E-state index contributed by atoms with van der Waals surface area (Å²) in [7, 11) is 0. The molecule has 1 aromatic rings. The number of hydrogen-bond acceptors (Lipinski definition) is 7. The summed E-state index contributed by atoms with van der Waals surface area (Å²) < 4.78 is 5.15. The van der Waals surface area contributed by atoms with E-state index in [0.717, 1.165) is 5.56 Å². The number of carboxylic acid groups (broad SMARTS) is 1. The summed E-state index contributed by atoms with van der Waals surface area (Å²) in [6, 6.07) is 8.07. The fraction of sp³-hybridized carbons (Fsp3) is 0.560. The Morgan fingerprint density at radius 2 is 1.71 bits per heavy atom. The van der Waals surface area contributed by atoms with Crippen molar-refractivity contribution in [3.05, 3.63) is 35.9 Å². The van der Waals surface area contributed by atoms with Gasteiger partial charge in [0, 0.05) is 18.8 Å². The molecule has 2 amide bonds. The van der Waals surface area contributed by atoms with Crippen molar-refractivity contribution in [3.8, 4) is 0 Å². The Balaban J connectivity index is 2.70. The smallest absolute Gasteiger partial charge is 0.326 e. The van der Waals surface area contributed by atoms with E-state index in [9.17, 15) is 29.1 Å². The van der Waals surface area contributed by atoms with Crippen LogP contribution in [0.1, 0.15) is 52.0 Å². The van der Waals surface area contributed by atoms with Crippen LogP contribution in [0.25, 0.3) is 0 Å². The first-order valence-corrected chi connectivity index (χ1v) is 12.9. The van der Waals surface area contributed by atoms with Gasteiger partial charge in [-0.25, -0.2) is 4.79 Å². The Morgan fingerprint density at radius 1 is 1.06 bits per heavy atom. The van der Waals surface area contributed by atoms with Crippen molar-refractivity contribution in [1.29, 1.82) is 0 Å². The number of amides is 2. The van der Waals surface area contributed by atoms with Crippen LogP contribution < -0.4 is 10.6 Å². The summed E-state index contributed by atoms with van der Waals surface area (Å²) in [4.78, 5) is 60.8. The minimum Gasteiger partial charge on any atom is -0.480 e. The monoisotopic (exact) mass is 508 g/mol. The number of carbonyl (C=O) groups is 5. The molecule has 0 saturated carbocycles. The summed E-state index contributed by atoms with van der Waals surface area (Å²) in [6.45, 7) is 4.90. The molecule has 1 aromatic carbocycles. The van der Waals surface area contributed by atoms with E-state index in [2.05, 4.69) is 10.6 Å². The Bertz CT molecular complexity index is 868. The predicted octanol–water partition coefficient (Wildman–Crippen LogP) is 2.37. The van der Waals surface area contributed by atoms with Gasteiger partial charge in [-0.1, -0.05) is 30.3 Å². The number of esters is 1. The average Bonchev–Trinajstić information content (AvgIpc) is 2.77. The topological polar surface area (TPSA) is 139 Å². The van der Waals surface area contributed by atoms with Crippen LogP contribution in [0.5, 0.6) is 0 Å². The number of Topliss-reactive ketones (excluding diaryl/α,β-unsaturated/α-hetero) is 1. The van der Waals surface area contributed by atoms with E-state index in [4.69, 9.17) is 4.74 Å². The third-order valence-electron chi connectivity index (χ3n) is 4.85. The zero-order valence-electron chi connectivity index (χ0n) is 20.8. The molecule has 0 fully saturated rings. The molecule has 0 bridgehead atoms. The normalized spacial score (nSPS) is 12.8. The third kappa shape index (κ3) is 13.6. The van der Waals surface area contributed by atoms with Gasteiger partial charge in [0.2, 0.25) is 11.8 Å². The number of benzene rings is 1. The highest BCUT2D eigenvalue weighted by Crippen LogP contribution is 2.15. The zero-order valence-corrected chi connectivity index (χ0v) is 21.6. The lowest BCUT2D eigenvalue weighted by atomic mass is 9.93.